The van der Waals surface area contributed by atoms with Gasteiger partial charge in [-0.05, 0) is 88.6 Å². The van der Waals surface area contributed by atoms with Gasteiger partial charge in [0, 0.05) is 27.6 Å². The van der Waals surface area contributed by atoms with E-state index in [1.54, 1.807) is 0 Å². The maximum absolute atomic E-state index is 4.68. The molecule has 0 aliphatic carbocycles. The van der Waals surface area contributed by atoms with E-state index in [0.717, 1.165) is 0 Å². The largest absolute Gasteiger partial charge is 0.264 e. The molecule has 1 aromatic heterocycles. The lowest BCUT2D eigenvalue weighted by Crippen LogP contribution is -1.92. The van der Waals surface area contributed by atoms with E-state index in [0.29, 0.717) is 0 Å². The van der Waals surface area contributed by atoms with Crippen LogP contribution < -0.4 is 0 Å². The molecule has 8 aromatic carbocycles. The molecule has 1 heterocycles. The summed E-state index contributed by atoms with van der Waals surface area (Å²) in [5.41, 5.74) is 2.49. The summed E-state index contributed by atoms with van der Waals surface area (Å²) in [6.45, 7) is 0. The Morgan fingerprint density at radius 3 is 1.63 bits per heavy atom. The zero-order valence-corrected chi connectivity index (χ0v) is 24.1. The summed E-state index contributed by atoms with van der Waals surface area (Å²) in [5, 5.41) is 15.1. The maximum Gasteiger partial charge on any atom is 0.0353 e. The first-order valence-electron chi connectivity index (χ1n) is 14.6. The summed E-state index contributed by atoms with van der Waals surface area (Å²) in [4.78, 5) is 7.21. The van der Waals surface area contributed by atoms with Crippen molar-refractivity contribution in [2.75, 3.05) is 0 Å². The number of benzene rings is 8. The quantitative estimate of drug-likeness (QED) is 0.157. The molecule has 2 heteroatoms. The van der Waals surface area contributed by atoms with Crippen molar-refractivity contribution in [1.82, 2.24) is 4.98 Å². The average Bonchev–Trinajstić information content (AvgIpc) is 3.08. The van der Waals surface area contributed by atoms with Gasteiger partial charge in [0.05, 0.1) is 0 Å². The predicted molar refractivity (Wildman–Crippen MR) is 185 cm³/mol. The van der Waals surface area contributed by atoms with Crippen molar-refractivity contribution < 1.29 is 0 Å². The van der Waals surface area contributed by atoms with Crippen LogP contribution in [0.25, 0.3) is 75.8 Å². The lowest BCUT2D eigenvalue weighted by molar-refractivity contribution is 1.36. The van der Waals surface area contributed by atoms with E-state index in [1.165, 1.54) is 85.6 Å². The molecular weight excluding hydrogens is 539 g/mol. The Morgan fingerprint density at radius 1 is 0.395 bits per heavy atom. The second-order valence-electron chi connectivity index (χ2n) is 11.1. The van der Waals surface area contributed by atoms with Crippen LogP contribution in [-0.2, 0) is 0 Å². The fourth-order valence-corrected chi connectivity index (χ4v) is 8.13. The van der Waals surface area contributed by atoms with Gasteiger partial charge in [0.15, 0.2) is 0 Å². The third-order valence-corrected chi connectivity index (χ3v) is 9.96. The van der Waals surface area contributed by atoms with E-state index >= 15 is 0 Å². The van der Waals surface area contributed by atoms with Gasteiger partial charge in [0.2, 0.25) is 0 Å². The number of hydrogen-bond acceptors (Lipinski definition) is 2. The molecule has 0 amide bonds. The van der Waals surface area contributed by atoms with E-state index in [-0.39, 0.29) is 0 Å². The molecule has 0 radical (unpaired) electrons. The monoisotopic (exact) mass is 563 g/mol. The van der Waals surface area contributed by atoms with Crippen LogP contribution in [0.1, 0.15) is 0 Å². The molecule has 0 aliphatic heterocycles. The van der Waals surface area contributed by atoms with Crippen molar-refractivity contribution in [1.29, 1.82) is 0 Å². The third kappa shape index (κ3) is 3.77. The van der Waals surface area contributed by atoms with Gasteiger partial charge < -0.3 is 0 Å². The van der Waals surface area contributed by atoms with Gasteiger partial charge >= 0.3 is 0 Å². The molecular formula is C41H25NS. The van der Waals surface area contributed by atoms with E-state index in [9.17, 15) is 0 Å². The van der Waals surface area contributed by atoms with E-state index in [1.807, 2.05) is 18.0 Å². The van der Waals surface area contributed by atoms with Crippen molar-refractivity contribution in [2.24, 2.45) is 0 Å². The number of pyridine rings is 1. The molecule has 9 aromatic rings. The molecule has 9 rings (SSSR count). The van der Waals surface area contributed by atoms with Gasteiger partial charge in [-0.15, -0.1) is 0 Å². The van der Waals surface area contributed by atoms with Crippen LogP contribution in [0, 0.1) is 0 Å². The molecule has 0 aliphatic rings. The number of rotatable bonds is 3. The second-order valence-corrected chi connectivity index (χ2v) is 12.2. The lowest BCUT2D eigenvalue weighted by Gasteiger charge is -2.19. The first-order chi connectivity index (χ1) is 21.3. The molecule has 0 N–H and O–H groups in total. The zero-order chi connectivity index (χ0) is 28.3. The minimum atomic E-state index is 1.18. The summed E-state index contributed by atoms with van der Waals surface area (Å²) in [6, 6.07) is 50.8. The summed E-state index contributed by atoms with van der Waals surface area (Å²) in [6.07, 6.45) is 3.99. The van der Waals surface area contributed by atoms with Gasteiger partial charge in [0.25, 0.3) is 0 Å². The van der Waals surface area contributed by atoms with Crippen LogP contribution in [0.5, 0.6) is 0 Å². The fourth-order valence-electron chi connectivity index (χ4n) is 6.86. The Balaban J connectivity index is 1.38. The van der Waals surface area contributed by atoms with Crippen molar-refractivity contribution in [3.63, 3.8) is 0 Å². The molecule has 0 saturated carbocycles. The Kier molecular flexibility index (Phi) is 5.50. The number of fused-ring (bicyclic) bond motifs is 8. The first-order valence-corrected chi connectivity index (χ1v) is 15.4. The predicted octanol–water partition coefficient (Wildman–Crippen LogP) is 11.8. The molecule has 0 atom stereocenters. The highest BCUT2D eigenvalue weighted by Gasteiger charge is 2.20. The molecule has 0 spiro atoms. The molecule has 0 saturated heterocycles. The molecule has 200 valence electrons. The fraction of sp³-hybridized carbons (Fsp3) is 0. The topological polar surface area (TPSA) is 12.9 Å². The van der Waals surface area contributed by atoms with Crippen LogP contribution in [0.2, 0.25) is 0 Å². The van der Waals surface area contributed by atoms with E-state index in [2.05, 4.69) is 151 Å². The van der Waals surface area contributed by atoms with E-state index < -0.39 is 0 Å². The summed E-state index contributed by atoms with van der Waals surface area (Å²) in [5.74, 6) is 0. The lowest BCUT2D eigenvalue weighted by atomic mass is 9.88. The van der Waals surface area contributed by atoms with Gasteiger partial charge in [0.1, 0.15) is 0 Å². The highest BCUT2D eigenvalue weighted by molar-refractivity contribution is 8.00. The van der Waals surface area contributed by atoms with Crippen molar-refractivity contribution in [3.8, 4) is 11.1 Å². The Bertz CT molecular complexity index is 2490. The Labute approximate surface area is 253 Å². The van der Waals surface area contributed by atoms with Crippen molar-refractivity contribution in [2.45, 2.75) is 9.79 Å². The molecule has 0 fully saturated rings. The highest BCUT2D eigenvalue weighted by Crippen LogP contribution is 2.48. The first kappa shape index (κ1) is 24.4. The Hall–Kier alpha value is -5.18. The minimum absolute atomic E-state index is 1.18. The molecule has 0 unspecified atom stereocenters. The normalized spacial score (nSPS) is 11.8. The van der Waals surface area contributed by atoms with E-state index in [4.69, 9.17) is 0 Å². The van der Waals surface area contributed by atoms with Crippen LogP contribution in [-0.4, -0.2) is 4.98 Å². The summed E-state index contributed by atoms with van der Waals surface area (Å²) < 4.78 is 0. The minimum Gasteiger partial charge on any atom is -0.264 e. The standard InChI is InChI=1S/C41H25NS/c1-3-13-28-26(11-1)23-37(32-17-6-5-15-30(28)32)40-34-19-9-10-20-35(34)41(36-21-22-42-25-38(36)40)43-39-24-27-12-2-4-14-29(27)31-16-7-8-18-33(31)39/h1-25H. The summed E-state index contributed by atoms with van der Waals surface area (Å²) in [7, 11) is 0. The maximum atomic E-state index is 4.68. The summed E-state index contributed by atoms with van der Waals surface area (Å²) >= 11 is 1.87. The Morgan fingerprint density at radius 2 is 0.907 bits per heavy atom. The second kappa shape index (κ2) is 9.69. The van der Waals surface area contributed by atoms with Crippen molar-refractivity contribution in [3.05, 3.63) is 152 Å². The molecule has 0 bridgehead atoms. The smallest absolute Gasteiger partial charge is 0.0353 e. The van der Waals surface area contributed by atoms with Crippen LogP contribution in [0.15, 0.2) is 162 Å². The molecule has 43 heavy (non-hydrogen) atoms. The SMILES string of the molecule is c1ccc2c(c1)cc(Sc1c3ccccc3c(-c3cc4ccccc4c4ccccc34)c3cnccc13)c1ccccc12. The molecule has 1 nitrogen and oxygen atoms in total. The van der Waals surface area contributed by atoms with Crippen LogP contribution in [0.3, 0.4) is 0 Å². The number of aromatic nitrogens is 1. The van der Waals surface area contributed by atoms with Gasteiger partial charge in [-0.3, -0.25) is 4.98 Å². The van der Waals surface area contributed by atoms with Crippen LogP contribution >= 0.6 is 11.8 Å². The van der Waals surface area contributed by atoms with Gasteiger partial charge in [-0.1, -0.05) is 133 Å². The van der Waals surface area contributed by atoms with Gasteiger partial charge in [-0.25, -0.2) is 0 Å². The van der Waals surface area contributed by atoms with Crippen LogP contribution in [0.4, 0.5) is 0 Å². The third-order valence-electron chi connectivity index (χ3n) is 8.76. The number of nitrogens with zero attached hydrogens (tertiary/aromatic N) is 1. The zero-order valence-electron chi connectivity index (χ0n) is 23.3. The van der Waals surface area contributed by atoms with Gasteiger partial charge in [-0.2, -0.15) is 0 Å². The average molecular weight is 564 g/mol. The highest BCUT2D eigenvalue weighted by atomic mass is 32.2. The number of hydrogen-bond donors (Lipinski definition) is 0. The van der Waals surface area contributed by atoms with Crippen molar-refractivity contribution >= 4 is 76.4 Å².